The lowest BCUT2D eigenvalue weighted by molar-refractivity contribution is 0.868. The largest absolute Gasteiger partial charge is 0.127 e. The van der Waals surface area contributed by atoms with E-state index in [1.54, 1.807) is 0 Å². The lowest BCUT2D eigenvalue weighted by Gasteiger charge is -1.96. The zero-order valence-corrected chi connectivity index (χ0v) is 6.17. The Morgan fingerprint density at radius 3 is 2.62 bits per heavy atom. The molecule has 48 valence electrons. The highest BCUT2D eigenvalue weighted by molar-refractivity contribution is 6.17. The van der Waals surface area contributed by atoms with Crippen molar-refractivity contribution in [3.8, 4) is 0 Å². The Labute approximate surface area is 56.5 Å². The van der Waals surface area contributed by atoms with Crippen LogP contribution in [0.15, 0.2) is 12.2 Å². The molecule has 0 atom stereocenters. The molecule has 0 aliphatic heterocycles. The zero-order valence-electron chi connectivity index (χ0n) is 5.41. The van der Waals surface area contributed by atoms with Gasteiger partial charge in [-0.3, -0.25) is 0 Å². The van der Waals surface area contributed by atoms with Crippen molar-refractivity contribution >= 4 is 11.6 Å². The van der Waals surface area contributed by atoms with E-state index >= 15 is 0 Å². The molecule has 0 saturated carbocycles. The molecule has 0 aromatic rings. The summed E-state index contributed by atoms with van der Waals surface area (Å²) >= 11 is 5.46. The number of alkyl halides is 1. The normalized spacial score (nSPS) is 9.25. The SMILES string of the molecule is C=C(CC)CCCCl. The monoisotopic (exact) mass is 132 g/mol. The predicted molar refractivity (Wildman–Crippen MR) is 39.4 cm³/mol. The minimum absolute atomic E-state index is 0.763. The van der Waals surface area contributed by atoms with Crippen molar-refractivity contribution in [2.24, 2.45) is 0 Å². The fourth-order valence-electron chi connectivity index (χ4n) is 0.494. The van der Waals surface area contributed by atoms with E-state index in [9.17, 15) is 0 Å². The summed E-state index contributed by atoms with van der Waals surface area (Å²) in [6.45, 7) is 5.97. The highest BCUT2D eigenvalue weighted by Crippen LogP contribution is 2.05. The molecule has 0 aromatic carbocycles. The van der Waals surface area contributed by atoms with Crippen LogP contribution in [-0.4, -0.2) is 5.88 Å². The van der Waals surface area contributed by atoms with Crippen molar-refractivity contribution in [3.63, 3.8) is 0 Å². The number of rotatable bonds is 4. The first-order chi connectivity index (χ1) is 3.81. The van der Waals surface area contributed by atoms with Gasteiger partial charge in [0.2, 0.25) is 0 Å². The molecule has 0 aliphatic carbocycles. The summed E-state index contributed by atoms with van der Waals surface area (Å²) < 4.78 is 0. The second-order valence-corrected chi connectivity index (χ2v) is 2.27. The summed E-state index contributed by atoms with van der Waals surface area (Å²) in [5.41, 5.74) is 1.31. The van der Waals surface area contributed by atoms with Crippen molar-refractivity contribution in [1.82, 2.24) is 0 Å². The molecule has 0 aliphatic rings. The molecule has 0 amide bonds. The Morgan fingerprint density at radius 2 is 2.25 bits per heavy atom. The predicted octanol–water partition coefficient (Wildman–Crippen LogP) is 2.97. The Bertz CT molecular complexity index is 66.8. The Balaban J connectivity index is 2.99. The third kappa shape index (κ3) is 4.20. The van der Waals surface area contributed by atoms with Crippen LogP contribution in [0.2, 0.25) is 0 Å². The number of allylic oxidation sites excluding steroid dienone is 1. The molecular weight excluding hydrogens is 120 g/mol. The van der Waals surface area contributed by atoms with Gasteiger partial charge in [-0.1, -0.05) is 19.1 Å². The molecule has 8 heavy (non-hydrogen) atoms. The number of hydrogen-bond acceptors (Lipinski definition) is 0. The molecule has 0 rings (SSSR count). The Kier molecular flexibility index (Phi) is 5.19. The zero-order chi connectivity index (χ0) is 6.41. The summed E-state index contributed by atoms with van der Waals surface area (Å²) in [5, 5.41) is 0. The van der Waals surface area contributed by atoms with Crippen LogP contribution < -0.4 is 0 Å². The molecule has 0 nitrogen and oxygen atoms in total. The van der Waals surface area contributed by atoms with Gasteiger partial charge in [0.1, 0.15) is 0 Å². The fourth-order valence-corrected chi connectivity index (χ4v) is 0.627. The highest BCUT2D eigenvalue weighted by atomic mass is 35.5. The maximum absolute atomic E-state index is 5.46. The number of hydrogen-bond donors (Lipinski definition) is 0. The summed E-state index contributed by atoms with van der Waals surface area (Å²) in [5.74, 6) is 0.763. The second kappa shape index (κ2) is 5.17. The van der Waals surface area contributed by atoms with Crippen molar-refractivity contribution < 1.29 is 0 Å². The van der Waals surface area contributed by atoms with Gasteiger partial charge in [0.05, 0.1) is 0 Å². The fraction of sp³-hybridized carbons (Fsp3) is 0.714. The Morgan fingerprint density at radius 1 is 1.62 bits per heavy atom. The van der Waals surface area contributed by atoms with E-state index in [0.29, 0.717) is 0 Å². The molecule has 0 N–H and O–H groups in total. The molecule has 0 fully saturated rings. The molecule has 0 spiro atoms. The maximum Gasteiger partial charge on any atom is 0.0226 e. The van der Waals surface area contributed by atoms with Gasteiger partial charge in [0.15, 0.2) is 0 Å². The van der Waals surface area contributed by atoms with Gasteiger partial charge in [0.25, 0.3) is 0 Å². The summed E-state index contributed by atoms with van der Waals surface area (Å²) in [4.78, 5) is 0. The van der Waals surface area contributed by atoms with Gasteiger partial charge >= 0.3 is 0 Å². The van der Waals surface area contributed by atoms with Crippen molar-refractivity contribution in [2.45, 2.75) is 26.2 Å². The van der Waals surface area contributed by atoms with Gasteiger partial charge in [-0.25, -0.2) is 0 Å². The van der Waals surface area contributed by atoms with Gasteiger partial charge in [-0.2, -0.15) is 0 Å². The smallest absolute Gasteiger partial charge is 0.0226 e. The average Bonchev–Trinajstić information content (AvgIpc) is 1.83. The molecule has 0 heterocycles. The second-order valence-electron chi connectivity index (χ2n) is 1.90. The van der Waals surface area contributed by atoms with E-state index < -0.39 is 0 Å². The first-order valence-electron chi connectivity index (χ1n) is 3.04. The lowest BCUT2D eigenvalue weighted by Crippen LogP contribution is -1.79. The van der Waals surface area contributed by atoms with Crippen molar-refractivity contribution in [2.75, 3.05) is 5.88 Å². The van der Waals surface area contributed by atoms with Gasteiger partial charge in [-0.05, 0) is 19.3 Å². The molecule has 0 saturated heterocycles. The van der Waals surface area contributed by atoms with E-state index in [4.69, 9.17) is 11.6 Å². The topological polar surface area (TPSA) is 0 Å². The standard InChI is InChI=1S/C7H13Cl/c1-3-7(2)5-4-6-8/h2-6H2,1H3. The van der Waals surface area contributed by atoms with E-state index in [1.807, 2.05) is 0 Å². The summed E-state index contributed by atoms with van der Waals surface area (Å²) in [6, 6.07) is 0. The maximum atomic E-state index is 5.46. The molecular formula is C7H13Cl. The quantitative estimate of drug-likeness (QED) is 0.408. The first kappa shape index (κ1) is 8.03. The van der Waals surface area contributed by atoms with Gasteiger partial charge < -0.3 is 0 Å². The van der Waals surface area contributed by atoms with Crippen LogP contribution in [0.4, 0.5) is 0 Å². The van der Waals surface area contributed by atoms with Crippen LogP contribution in [0.5, 0.6) is 0 Å². The van der Waals surface area contributed by atoms with Crippen molar-refractivity contribution in [3.05, 3.63) is 12.2 Å². The van der Waals surface area contributed by atoms with Crippen LogP contribution in [-0.2, 0) is 0 Å². The molecule has 0 radical (unpaired) electrons. The van der Waals surface area contributed by atoms with Gasteiger partial charge in [-0.15, -0.1) is 11.6 Å². The third-order valence-corrected chi connectivity index (χ3v) is 1.43. The van der Waals surface area contributed by atoms with E-state index in [-0.39, 0.29) is 0 Å². The Hall–Kier alpha value is 0.0300. The summed E-state index contributed by atoms with van der Waals surface area (Å²) in [7, 11) is 0. The van der Waals surface area contributed by atoms with Gasteiger partial charge in [0, 0.05) is 5.88 Å². The van der Waals surface area contributed by atoms with E-state index in [1.165, 1.54) is 5.57 Å². The summed E-state index contributed by atoms with van der Waals surface area (Å²) in [6.07, 6.45) is 3.27. The molecule has 0 unspecified atom stereocenters. The average molecular weight is 133 g/mol. The highest BCUT2D eigenvalue weighted by Gasteiger charge is 1.87. The van der Waals surface area contributed by atoms with Crippen LogP contribution in [0, 0.1) is 0 Å². The minimum Gasteiger partial charge on any atom is -0.127 e. The molecule has 0 aromatic heterocycles. The van der Waals surface area contributed by atoms with Crippen LogP contribution in [0.25, 0.3) is 0 Å². The number of halogens is 1. The van der Waals surface area contributed by atoms with E-state index in [2.05, 4.69) is 13.5 Å². The van der Waals surface area contributed by atoms with Crippen molar-refractivity contribution in [1.29, 1.82) is 0 Å². The minimum atomic E-state index is 0.763. The van der Waals surface area contributed by atoms with E-state index in [0.717, 1.165) is 25.1 Å². The molecule has 0 bridgehead atoms. The lowest BCUT2D eigenvalue weighted by atomic mass is 10.1. The molecule has 1 heteroatoms. The third-order valence-electron chi connectivity index (χ3n) is 1.16. The van der Waals surface area contributed by atoms with Crippen LogP contribution >= 0.6 is 11.6 Å². The van der Waals surface area contributed by atoms with Crippen LogP contribution in [0.3, 0.4) is 0 Å². The first-order valence-corrected chi connectivity index (χ1v) is 3.57. The van der Waals surface area contributed by atoms with Crippen LogP contribution in [0.1, 0.15) is 26.2 Å².